The number of rotatable bonds is 9. The summed E-state index contributed by atoms with van der Waals surface area (Å²) in [5.74, 6) is -1.24. The van der Waals surface area contributed by atoms with Crippen LogP contribution in [0.4, 0.5) is 18.9 Å². The van der Waals surface area contributed by atoms with Gasteiger partial charge in [-0.2, -0.15) is 17.5 Å². The van der Waals surface area contributed by atoms with Crippen molar-refractivity contribution in [2.24, 2.45) is 11.8 Å². The van der Waals surface area contributed by atoms with Crippen LogP contribution < -0.4 is 5.32 Å². The molecule has 1 aliphatic heterocycles. The van der Waals surface area contributed by atoms with Gasteiger partial charge in [0.25, 0.3) is 0 Å². The van der Waals surface area contributed by atoms with Gasteiger partial charge >= 0.3 is 6.18 Å². The second-order valence-electron chi connectivity index (χ2n) is 13.4. The highest BCUT2D eigenvalue weighted by atomic mass is 32.3. The van der Waals surface area contributed by atoms with Crippen LogP contribution in [0.2, 0.25) is 0 Å². The Morgan fingerprint density at radius 2 is 1.86 bits per heavy atom. The van der Waals surface area contributed by atoms with Crippen LogP contribution in [-0.2, 0) is 30.5 Å². The maximum Gasteiger partial charge on any atom is 0.416 e. The second-order valence-corrected chi connectivity index (χ2v) is 15.4. The normalized spacial score (nSPS) is 18.1. The van der Waals surface area contributed by atoms with Crippen LogP contribution in [0.1, 0.15) is 72.1 Å². The topological polar surface area (TPSA) is 116 Å². The van der Waals surface area contributed by atoms with E-state index in [-0.39, 0.29) is 29.8 Å². The molecule has 0 bridgehead atoms. The molecule has 1 aliphatic rings. The molecule has 13 heteroatoms. The lowest BCUT2D eigenvalue weighted by Crippen LogP contribution is -2.31. The largest absolute Gasteiger partial charge is 0.416 e. The van der Waals surface area contributed by atoms with Gasteiger partial charge in [-0.05, 0) is 96.8 Å². The SMILES string of the molecule is CC[C@H]1Cc2ccc(C(F)(F)F)cc2S(O)(O)N(Cc2cc([C@@H](c3ccc4c(nnn4CC)c3C)[C@@H](C)C(=O)Nc3cccnc3)ccc2C)C1. The van der Waals surface area contributed by atoms with Crippen molar-refractivity contribution in [3.8, 4) is 0 Å². The van der Waals surface area contributed by atoms with Gasteiger partial charge in [-0.3, -0.25) is 18.9 Å². The number of carbonyl (C=O) groups is 1. The van der Waals surface area contributed by atoms with Crippen molar-refractivity contribution in [1.82, 2.24) is 24.3 Å². The van der Waals surface area contributed by atoms with Gasteiger partial charge in [0.05, 0.1) is 27.9 Å². The first-order chi connectivity index (χ1) is 24.2. The lowest BCUT2D eigenvalue weighted by Gasteiger charge is -2.43. The maximum absolute atomic E-state index is 13.9. The van der Waals surface area contributed by atoms with E-state index in [0.717, 1.165) is 51.0 Å². The fraction of sp³-hybridized carbons (Fsp3) is 0.368. The number of benzene rings is 3. The molecule has 51 heavy (non-hydrogen) atoms. The van der Waals surface area contributed by atoms with Gasteiger partial charge in [-0.1, -0.05) is 55.8 Å². The van der Waals surface area contributed by atoms with E-state index in [1.165, 1.54) is 10.4 Å². The number of nitrogens with zero attached hydrogens (tertiary/aromatic N) is 5. The summed E-state index contributed by atoms with van der Waals surface area (Å²) >= 11 is 0. The summed E-state index contributed by atoms with van der Waals surface area (Å²) in [6.07, 6.45) is -0.263. The number of aryl methyl sites for hydroxylation is 3. The molecule has 270 valence electrons. The first-order valence-corrected chi connectivity index (χ1v) is 18.6. The molecule has 3 atom stereocenters. The van der Waals surface area contributed by atoms with E-state index in [2.05, 4.69) is 20.6 Å². The Morgan fingerprint density at radius 1 is 1.08 bits per heavy atom. The number of amides is 1. The fourth-order valence-corrected chi connectivity index (χ4v) is 8.87. The number of carbonyl (C=O) groups excluding carboxylic acids is 1. The minimum atomic E-state index is -4.63. The van der Waals surface area contributed by atoms with E-state index in [1.807, 2.05) is 69.6 Å². The predicted octanol–water partition coefficient (Wildman–Crippen LogP) is 9.00. The quantitative estimate of drug-likeness (QED) is 0.139. The molecule has 1 amide bonds. The van der Waals surface area contributed by atoms with Crippen LogP contribution in [0.5, 0.6) is 0 Å². The van der Waals surface area contributed by atoms with E-state index in [4.69, 9.17) is 0 Å². The summed E-state index contributed by atoms with van der Waals surface area (Å²) in [7, 11) is -3.80. The third kappa shape index (κ3) is 7.25. The zero-order valence-corrected chi connectivity index (χ0v) is 30.1. The summed E-state index contributed by atoms with van der Waals surface area (Å²) in [5.41, 5.74) is 6.07. The van der Waals surface area contributed by atoms with Crippen molar-refractivity contribution in [1.29, 1.82) is 0 Å². The van der Waals surface area contributed by atoms with Gasteiger partial charge in [0, 0.05) is 37.7 Å². The van der Waals surface area contributed by atoms with Crippen LogP contribution >= 0.6 is 10.8 Å². The van der Waals surface area contributed by atoms with Crippen molar-refractivity contribution in [2.75, 3.05) is 11.9 Å². The Hall–Kier alpha value is -4.30. The predicted molar refractivity (Wildman–Crippen MR) is 193 cm³/mol. The Labute approximate surface area is 297 Å². The highest BCUT2D eigenvalue weighted by Gasteiger charge is 2.38. The van der Waals surface area contributed by atoms with E-state index in [9.17, 15) is 27.1 Å². The number of aromatic nitrogens is 4. The molecule has 0 saturated heterocycles. The fourth-order valence-electron chi connectivity index (χ4n) is 7.07. The van der Waals surface area contributed by atoms with Crippen molar-refractivity contribution in [3.63, 3.8) is 0 Å². The van der Waals surface area contributed by atoms with Crippen LogP contribution in [0.15, 0.2) is 78.0 Å². The molecule has 3 N–H and O–H groups in total. The molecule has 2 aromatic heterocycles. The van der Waals surface area contributed by atoms with E-state index >= 15 is 0 Å². The molecule has 0 unspecified atom stereocenters. The molecule has 9 nitrogen and oxygen atoms in total. The van der Waals surface area contributed by atoms with Gasteiger partial charge in [0.1, 0.15) is 5.52 Å². The zero-order chi connectivity index (χ0) is 36.7. The van der Waals surface area contributed by atoms with Gasteiger partial charge in [0.2, 0.25) is 5.91 Å². The Bertz CT molecular complexity index is 2050. The van der Waals surface area contributed by atoms with E-state index < -0.39 is 34.4 Å². The Balaban J connectivity index is 1.43. The highest BCUT2D eigenvalue weighted by Crippen LogP contribution is 2.57. The summed E-state index contributed by atoms with van der Waals surface area (Å²) in [4.78, 5) is 17.9. The number of hydrogen-bond donors (Lipinski definition) is 3. The summed E-state index contributed by atoms with van der Waals surface area (Å²) < 4.78 is 68.2. The lowest BCUT2D eigenvalue weighted by atomic mass is 9.78. The number of anilines is 1. The summed E-state index contributed by atoms with van der Waals surface area (Å²) in [6.45, 7) is 10.8. The van der Waals surface area contributed by atoms with Crippen LogP contribution in [-0.4, -0.2) is 45.8 Å². The Kier molecular flexibility index (Phi) is 10.3. The minimum Gasteiger partial charge on any atom is -0.324 e. The molecule has 0 radical (unpaired) electrons. The Morgan fingerprint density at radius 3 is 2.55 bits per heavy atom. The smallest absolute Gasteiger partial charge is 0.324 e. The number of alkyl halides is 3. The summed E-state index contributed by atoms with van der Waals surface area (Å²) in [6, 6.07) is 16.7. The maximum atomic E-state index is 13.9. The standard InChI is InChI=1S/C38H43F3N6O3S/c1-6-26-17-27-12-13-30(38(39,40)41)19-34(27)51(49,50)46(21-26)22-29-18-28(11-10-23(29)3)35(25(5)37(48)43-31-9-8-16-42-20-31)32-14-15-33-36(24(32)4)44-45-47(33)7-2/h8-16,18-20,25-26,35,49-50H,6-7,17,21-22H2,1-5H3,(H,43,48)/t25-,26+,35+/m1/s1. The molecule has 3 heterocycles. The van der Waals surface area contributed by atoms with Gasteiger partial charge in [0.15, 0.2) is 0 Å². The molecular weight excluding hydrogens is 678 g/mol. The van der Waals surface area contributed by atoms with E-state index in [1.54, 1.807) is 24.5 Å². The molecule has 0 spiro atoms. The first-order valence-electron chi connectivity index (χ1n) is 17.1. The molecule has 0 saturated carbocycles. The molecule has 6 rings (SSSR count). The van der Waals surface area contributed by atoms with E-state index in [0.29, 0.717) is 30.6 Å². The third-order valence-electron chi connectivity index (χ3n) is 10.1. The summed E-state index contributed by atoms with van der Waals surface area (Å²) in [5, 5.41) is 11.8. The van der Waals surface area contributed by atoms with Crippen molar-refractivity contribution >= 4 is 33.4 Å². The average molecular weight is 721 g/mol. The lowest BCUT2D eigenvalue weighted by molar-refractivity contribution is -0.137. The van der Waals surface area contributed by atoms with Crippen molar-refractivity contribution in [2.45, 2.75) is 77.5 Å². The average Bonchev–Trinajstić information content (AvgIpc) is 3.49. The second kappa shape index (κ2) is 14.4. The van der Waals surface area contributed by atoms with Gasteiger partial charge in [-0.25, -0.2) is 4.68 Å². The number of hydrogen-bond acceptors (Lipinski definition) is 7. The van der Waals surface area contributed by atoms with Gasteiger partial charge in [-0.15, -0.1) is 15.9 Å². The zero-order valence-electron chi connectivity index (χ0n) is 29.3. The number of fused-ring (bicyclic) bond motifs is 2. The number of nitrogens with one attached hydrogen (secondary N) is 1. The van der Waals surface area contributed by atoms with Crippen LogP contribution in [0, 0.1) is 25.7 Å². The van der Waals surface area contributed by atoms with Gasteiger partial charge < -0.3 is 5.32 Å². The van der Waals surface area contributed by atoms with Crippen molar-refractivity contribution < 1.29 is 27.1 Å². The highest BCUT2D eigenvalue weighted by molar-refractivity contribution is 8.22. The molecule has 5 aromatic rings. The number of halogens is 3. The minimum absolute atomic E-state index is 0.00694. The monoisotopic (exact) mass is 720 g/mol. The van der Waals surface area contributed by atoms with Crippen LogP contribution in [0.25, 0.3) is 11.0 Å². The first kappa shape index (κ1) is 36.5. The van der Waals surface area contributed by atoms with Crippen LogP contribution in [0.3, 0.4) is 0 Å². The van der Waals surface area contributed by atoms with Crippen molar-refractivity contribution in [3.05, 3.63) is 112 Å². The molecule has 0 aliphatic carbocycles. The third-order valence-corrected chi connectivity index (χ3v) is 12.1. The molecule has 3 aromatic carbocycles. The molecule has 0 fully saturated rings. The molecular formula is C38H43F3N6O3S. The number of pyridine rings is 1.